The number of ether oxygens (including phenoxy) is 2. The number of methoxy groups -OCH3 is 1. The largest absolute Gasteiger partial charge is 0.493 e. The summed E-state index contributed by atoms with van der Waals surface area (Å²) in [5.74, 6) is 0.131. The second-order valence-corrected chi connectivity index (χ2v) is 5.01. The molecule has 21 heavy (non-hydrogen) atoms. The number of hydrogen-bond acceptors (Lipinski definition) is 3. The molecule has 0 amide bonds. The van der Waals surface area contributed by atoms with Crippen molar-refractivity contribution in [2.75, 3.05) is 7.11 Å². The average molecular weight is 329 g/mol. The van der Waals surface area contributed by atoms with E-state index in [1.54, 1.807) is 0 Å². The predicted molar refractivity (Wildman–Crippen MR) is 79.1 cm³/mol. The van der Waals surface area contributed by atoms with E-state index in [1.807, 2.05) is 0 Å². The molecule has 0 heterocycles. The smallest absolute Gasteiger partial charge is 0.172 e. The zero-order valence-corrected chi connectivity index (χ0v) is 12.5. The highest BCUT2D eigenvalue weighted by atomic mass is 35.5. The summed E-state index contributed by atoms with van der Waals surface area (Å²) in [7, 11) is 1.43. The molecule has 0 radical (unpaired) electrons. The maximum Gasteiger partial charge on any atom is 0.172 e. The van der Waals surface area contributed by atoms with Crippen molar-refractivity contribution < 1.29 is 18.7 Å². The Balaban J connectivity index is 2.31. The SMILES string of the molecule is COc1cc(Cl)cc(C=O)c1OCc1cc(F)ccc1Cl. The molecule has 0 bridgehead atoms. The van der Waals surface area contributed by atoms with Crippen LogP contribution in [0.25, 0.3) is 0 Å². The average Bonchev–Trinajstić information content (AvgIpc) is 2.48. The molecule has 2 aromatic rings. The molecule has 0 aromatic heterocycles. The molecule has 0 fully saturated rings. The summed E-state index contributed by atoms with van der Waals surface area (Å²) in [4.78, 5) is 11.1. The molecular weight excluding hydrogens is 318 g/mol. The monoisotopic (exact) mass is 328 g/mol. The van der Waals surface area contributed by atoms with Gasteiger partial charge in [-0.15, -0.1) is 0 Å². The molecule has 2 aromatic carbocycles. The molecule has 0 aliphatic rings. The Labute approximate surface area is 131 Å². The number of hydrogen-bond donors (Lipinski definition) is 0. The van der Waals surface area contributed by atoms with Crippen molar-refractivity contribution >= 4 is 29.5 Å². The number of aldehydes is 1. The number of carbonyl (C=O) groups is 1. The maximum atomic E-state index is 13.2. The molecule has 0 atom stereocenters. The molecule has 0 spiro atoms. The fourth-order valence-electron chi connectivity index (χ4n) is 1.79. The van der Waals surface area contributed by atoms with E-state index in [0.717, 1.165) is 0 Å². The van der Waals surface area contributed by atoms with Crippen LogP contribution < -0.4 is 9.47 Å². The summed E-state index contributed by atoms with van der Waals surface area (Å²) in [6, 6.07) is 6.95. The van der Waals surface area contributed by atoms with Crippen LogP contribution in [-0.2, 0) is 6.61 Å². The number of benzene rings is 2. The van der Waals surface area contributed by atoms with Crippen LogP contribution in [0.15, 0.2) is 30.3 Å². The van der Waals surface area contributed by atoms with Crippen molar-refractivity contribution in [2.45, 2.75) is 6.61 Å². The first-order chi connectivity index (χ1) is 10.0. The minimum atomic E-state index is -0.420. The van der Waals surface area contributed by atoms with E-state index in [4.69, 9.17) is 32.7 Å². The van der Waals surface area contributed by atoms with Gasteiger partial charge >= 0.3 is 0 Å². The van der Waals surface area contributed by atoms with Crippen LogP contribution in [0.1, 0.15) is 15.9 Å². The Hall–Kier alpha value is -1.78. The van der Waals surface area contributed by atoms with Gasteiger partial charge in [0.2, 0.25) is 0 Å². The van der Waals surface area contributed by atoms with Crippen LogP contribution >= 0.6 is 23.2 Å². The minimum absolute atomic E-state index is 0.00454. The molecule has 0 unspecified atom stereocenters. The summed E-state index contributed by atoms with van der Waals surface area (Å²) in [6.07, 6.45) is 0.608. The summed E-state index contributed by atoms with van der Waals surface area (Å²) in [6.45, 7) is -0.00454. The lowest BCUT2D eigenvalue weighted by Crippen LogP contribution is -2.02. The minimum Gasteiger partial charge on any atom is -0.493 e. The normalized spacial score (nSPS) is 10.3. The fraction of sp³-hybridized carbons (Fsp3) is 0.133. The number of carbonyl (C=O) groups excluding carboxylic acids is 1. The molecular formula is C15H11Cl2FO3. The Bertz CT molecular complexity index is 674. The van der Waals surface area contributed by atoms with Crippen molar-refractivity contribution in [3.63, 3.8) is 0 Å². The molecule has 6 heteroatoms. The van der Waals surface area contributed by atoms with Crippen LogP contribution in [0.2, 0.25) is 10.0 Å². The molecule has 0 N–H and O–H groups in total. The van der Waals surface area contributed by atoms with Crippen molar-refractivity contribution in [1.82, 2.24) is 0 Å². The summed E-state index contributed by atoms with van der Waals surface area (Å²) in [5, 5.41) is 0.724. The lowest BCUT2D eigenvalue weighted by atomic mass is 10.2. The zero-order chi connectivity index (χ0) is 15.4. The van der Waals surface area contributed by atoms with Gasteiger partial charge < -0.3 is 9.47 Å². The van der Waals surface area contributed by atoms with Crippen LogP contribution in [0.3, 0.4) is 0 Å². The lowest BCUT2D eigenvalue weighted by molar-refractivity contribution is 0.111. The molecule has 0 aliphatic carbocycles. The van der Waals surface area contributed by atoms with Gasteiger partial charge in [-0.1, -0.05) is 23.2 Å². The highest BCUT2D eigenvalue weighted by Crippen LogP contribution is 2.34. The number of halogens is 3. The van der Waals surface area contributed by atoms with E-state index < -0.39 is 5.82 Å². The van der Waals surface area contributed by atoms with Crippen LogP contribution in [-0.4, -0.2) is 13.4 Å². The third-order valence-corrected chi connectivity index (χ3v) is 3.36. The molecule has 3 nitrogen and oxygen atoms in total. The van der Waals surface area contributed by atoms with Gasteiger partial charge in [-0.05, 0) is 24.3 Å². The van der Waals surface area contributed by atoms with Gasteiger partial charge in [0.15, 0.2) is 17.8 Å². The second kappa shape index (κ2) is 6.78. The molecule has 0 saturated carbocycles. The molecule has 2 rings (SSSR count). The third-order valence-electron chi connectivity index (χ3n) is 2.78. The van der Waals surface area contributed by atoms with Gasteiger partial charge in [0.25, 0.3) is 0 Å². The van der Waals surface area contributed by atoms with Crippen LogP contribution in [0.5, 0.6) is 11.5 Å². The highest BCUT2D eigenvalue weighted by Gasteiger charge is 2.13. The summed E-state index contributed by atoms with van der Waals surface area (Å²) in [5.41, 5.74) is 0.706. The van der Waals surface area contributed by atoms with E-state index in [0.29, 0.717) is 27.6 Å². The van der Waals surface area contributed by atoms with E-state index >= 15 is 0 Å². The highest BCUT2D eigenvalue weighted by molar-refractivity contribution is 6.31. The summed E-state index contributed by atoms with van der Waals surface area (Å²) < 4.78 is 23.9. The standard InChI is InChI=1S/C15H11Cl2FO3/c1-20-14-6-11(16)4-9(7-19)15(14)21-8-10-5-12(18)2-3-13(10)17/h2-7H,8H2,1H3. The van der Waals surface area contributed by atoms with Gasteiger partial charge in [-0.2, -0.15) is 0 Å². The predicted octanol–water partition coefficient (Wildman–Crippen LogP) is 4.53. The Morgan fingerprint density at radius 3 is 2.67 bits per heavy atom. The molecule has 0 aliphatic heterocycles. The van der Waals surface area contributed by atoms with Gasteiger partial charge in [-0.3, -0.25) is 4.79 Å². The van der Waals surface area contributed by atoms with Crippen molar-refractivity contribution in [2.24, 2.45) is 0 Å². The quantitative estimate of drug-likeness (QED) is 0.756. The Morgan fingerprint density at radius 2 is 2.00 bits per heavy atom. The van der Waals surface area contributed by atoms with Crippen LogP contribution in [0.4, 0.5) is 4.39 Å². The fourth-order valence-corrected chi connectivity index (χ4v) is 2.18. The Morgan fingerprint density at radius 1 is 1.24 bits per heavy atom. The Kier molecular flexibility index (Phi) is 5.04. The zero-order valence-electron chi connectivity index (χ0n) is 11.0. The first-order valence-corrected chi connectivity index (χ1v) is 6.70. The van der Waals surface area contributed by atoms with Crippen molar-refractivity contribution in [3.05, 3.63) is 57.3 Å². The summed E-state index contributed by atoms with van der Waals surface area (Å²) >= 11 is 11.8. The first-order valence-electron chi connectivity index (χ1n) is 5.94. The van der Waals surface area contributed by atoms with Gasteiger partial charge in [0.1, 0.15) is 12.4 Å². The first kappa shape index (κ1) is 15.6. The van der Waals surface area contributed by atoms with E-state index in [1.165, 1.54) is 37.4 Å². The number of rotatable bonds is 5. The molecule has 110 valence electrons. The van der Waals surface area contributed by atoms with Gasteiger partial charge in [0, 0.05) is 21.7 Å². The maximum absolute atomic E-state index is 13.2. The lowest BCUT2D eigenvalue weighted by Gasteiger charge is -2.14. The third kappa shape index (κ3) is 3.65. The molecule has 0 saturated heterocycles. The van der Waals surface area contributed by atoms with Gasteiger partial charge in [-0.25, -0.2) is 4.39 Å². The van der Waals surface area contributed by atoms with Crippen molar-refractivity contribution in [1.29, 1.82) is 0 Å². The van der Waals surface area contributed by atoms with Gasteiger partial charge in [0.05, 0.1) is 12.7 Å². The van der Waals surface area contributed by atoms with E-state index in [9.17, 15) is 9.18 Å². The van der Waals surface area contributed by atoms with E-state index in [2.05, 4.69) is 0 Å². The second-order valence-electron chi connectivity index (χ2n) is 4.17. The topological polar surface area (TPSA) is 35.5 Å². The van der Waals surface area contributed by atoms with Crippen LogP contribution in [0, 0.1) is 5.82 Å². The van der Waals surface area contributed by atoms with E-state index in [-0.39, 0.29) is 17.9 Å². The van der Waals surface area contributed by atoms with Crippen molar-refractivity contribution in [3.8, 4) is 11.5 Å².